The second-order valence-electron chi connectivity index (χ2n) is 5.22. The van der Waals surface area contributed by atoms with E-state index in [-0.39, 0.29) is 11.9 Å². The molecule has 0 bridgehead atoms. The van der Waals surface area contributed by atoms with Gasteiger partial charge in [0.1, 0.15) is 11.5 Å². The van der Waals surface area contributed by atoms with Crippen LogP contribution < -0.4 is 14.8 Å². The highest BCUT2D eigenvalue weighted by atomic mass is 79.9. The summed E-state index contributed by atoms with van der Waals surface area (Å²) in [7, 11) is 1.63. The van der Waals surface area contributed by atoms with Crippen molar-refractivity contribution in [2.45, 2.75) is 26.0 Å². The number of carbonyl (C=O) groups excluding carboxylic acids is 1. The van der Waals surface area contributed by atoms with Crippen molar-refractivity contribution in [3.8, 4) is 11.5 Å². The molecule has 0 aliphatic rings. The van der Waals surface area contributed by atoms with Crippen molar-refractivity contribution in [3.05, 3.63) is 58.6 Å². The topological polar surface area (TPSA) is 47.6 Å². The Morgan fingerprint density at radius 3 is 2.13 bits per heavy atom. The zero-order chi connectivity index (χ0) is 16.8. The Hall–Kier alpha value is -2.01. The summed E-state index contributed by atoms with van der Waals surface area (Å²) < 4.78 is 11.8. The van der Waals surface area contributed by atoms with E-state index >= 15 is 0 Å². The molecule has 2 rings (SSSR count). The molecule has 122 valence electrons. The minimum Gasteiger partial charge on any atom is -0.497 e. The summed E-state index contributed by atoms with van der Waals surface area (Å²) in [6.07, 6.45) is -0.572. The number of ether oxygens (including phenoxy) is 2. The third-order valence-corrected chi connectivity index (χ3v) is 4.00. The van der Waals surface area contributed by atoms with Gasteiger partial charge in [-0.25, -0.2) is 0 Å². The summed E-state index contributed by atoms with van der Waals surface area (Å²) in [5, 5.41) is 2.95. The van der Waals surface area contributed by atoms with Crippen LogP contribution in [0, 0.1) is 0 Å². The maximum Gasteiger partial charge on any atom is 0.261 e. The number of halogens is 1. The van der Waals surface area contributed by atoms with Crippen LogP contribution in [0.5, 0.6) is 11.5 Å². The molecule has 0 fully saturated rings. The van der Waals surface area contributed by atoms with Gasteiger partial charge in [-0.2, -0.15) is 0 Å². The Bertz CT molecular complexity index is 640. The van der Waals surface area contributed by atoms with Gasteiger partial charge in [-0.1, -0.05) is 28.1 Å². The van der Waals surface area contributed by atoms with Gasteiger partial charge < -0.3 is 14.8 Å². The van der Waals surface area contributed by atoms with Gasteiger partial charge in [0, 0.05) is 4.47 Å². The predicted octanol–water partition coefficient (Wildman–Crippen LogP) is 4.10. The lowest BCUT2D eigenvalue weighted by Gasteiger charge is -2.19. The molecule has 0 aromatic heterocycles. The fourth-order valence-electron chi connectivity index (χ4n) is 2.08. The van der Waals surface area contributed by atoms with Crippen LogP contribution in [0.15, 0.2) is 53.0 Å². The number of carbonyl (C=O) groups is 1. The number of benzene rings is 2. The fourth-order valence-corrected chi connectivity index (χ4v) is 2.34. The Labute approximate surface area is 144 Å². The first kappa shape index (κ1) is 17.3. The molecule has 2 atom stereocenters. The molecule has 0 heterocycles. The van der Waals surface area contributed by atoms with E-state index in [1.165, 1.54) is 0 Å². The first-order valence-corrected chi connectivity index (χ1v) is 8.15. The molecule has 5 heteroatoms. The standard InChI is InChI=1S/C18H20BrNO3/c1-12(14-4-8-16(22-3)9-5-14)20-18(21)13(2)23-17-10-6-15(19)7-11-17/h4-13H,1-3H3,(H,20,21)/t12-,13+/m0/s1. The van der Waals surface area contributed by atoms with Gasteiger partial charge in [0.2, 0.25) is 0 Å². The summed E-state index contributed by atoms with van der Waals surface area (Å²) in [5.74, 6) is 1.29. The molecule has 0 spiro atoms. The van der Waals surface area contributed by atoms with E-state index in [0.717, 1.165) is 15.8 Å². The average molecular weight is 378 g/mol. The Balaban J connectivity index is 1.92. The van der Waals surface area contributed by atoms with Crippen LogP contribution >= 0.6 is 15.9 Å². The molecule has 0 saturated carbocycles. The first-order chi connectivity index (χ1) is 11.0. The minimum atomic E-state index is -0.572. The lowest BCUT2D eigenvalue weighted by Crippen LogP contribution is -2.37. The summed E-state index contributed by atoms with van der Waals surface area (Å²) in [4.78, 5) is 12.3. The van der Waals surface area contributed by atoms with Crippen LogP contribution in [0.2, 0.25) is 0 Å². The number of nitrogens with one attached hydrogen (secondary N) is 1. The third-order valence-electron chi connectivity index (χ3n) is 3.47. The third kappa shape index (κ3) is 4.99. The van der Waals surface area contributed by atoms with Crippen molar-refractivity contribution in [1.82, 2.24) is 5.32 Å². The van der Waals surface area contributed by atoms with Crippen LogP contribution in [0.1, 0.15) is 25.5 Å². The van der Waals surface area contributed by atoms with E-state index in [9.17, 15) is 4.79 Å². The molecule has 2 aromatic carbocycles. The smallest absolute Gasteiger partial charge is 0.261 e. The van der Waals surface area contributed by atoms with E-state index < -0.39 is 6.10 Å². The van der Waals surface area contributed by atoms with Gasteiger partial charge in [0.15, 0.2) is 6.10 Å². The van der Waals surface area contributed by atoms with Crippen molar-refractivity contribution < 1.29 is 14.3 Å². The zero-order valence-corrected chi connectivity index (χ0v) is 15.0. The Morgan fingerprint density at radius 2 is 1.57 bits per heavy atom. The highest BCUT2D eigenvalue weighted by molar-refractivity contribution is 9.10. The zero-order valence-electron chi connectivity index (χ0n) is 13.4. The molecule has 0 radical (unpaired) electrons. The van der Waals surface area contributed by atoms with E-state index in [1.807, 2.05) is 55.5 Å². The van der Waals surface area contributed by atoms with Gasteiger partial charge in [0.25, 0.3) is 5.91 Å². The van der Waals surface area contributed by atoms with Crippen LogP contribution in [0.4, 0.5) is 0 Å². The van der Waals surface area contributed by atoms with Crippen molar-refractivity contribution in [1.29, 1.82) is 0 Å². The highest BCUT2D eigenvalue weighted by Gasteiger charge is 2.17. The lowest BCUT2D eigenvalue weighted by molar-refractivity contribution is -0.127. The molecule has 0 aliphatic carbocycles. The molecule has 0 aliphatic heterocycles. The van der Waals surface area contributed by atoms with E-state index in [0.29, 0.717) is 5.75 Å². The predicted molar refractivity (Wildman–Crippen MR) is 93.8 cm³/mol. The van der Waals surface area contributed by atoms with E-state index in [4.69, 9.17) is 9.47 Å². The Kier molecular flexibility index (Phi) is 6.04. The molecule has 0 saturated heterocycles. The molecule has 0 unspecified atom stereocenters. The monoisotopic (exact) mass is 377 g/mol. The van der Waals surface area contributed by atoms with Crippen molar-refractivity contribution in [3.63, 3.8) is 0 Å². The van der Waals surface area contributed by atoms with Crippen LogP contribution in [0.3, 0.4) is 0 Å². The van der Waals surface area contributed by atoms with Gasteiger partial charge in [-0.05, 0) is 55.8 Å². The normalized spacial score (nSPS) is 13.0. The van der Waals surface area contributed by atoms with Crippen molar-refractivity contribution in [2.24, 2.45) is 0 Å². The van der Waals surface area contributed by atoms with Gasteiger partial charge in [-0.15, -0.1) is 0 Å². The second kappa shape index (κ2) is 8.02. The lowest BCUT2D eigenvalue weighted by atomic mass is 10.1. The van der Waals surface area contributed by atoms with Crippen molar-refractivity contribution in [2.75, 3.05) is 7.11 Å². The van der Waals surface area contributed by atoms with Gasteiger partial charge in [-0.3, -0.25) is 4.79 Å². The molecule has 2 aromatic rings. The minimum absolute atomic E-state index is 0.107. The number of hydrogen-bond acceptors (Lipinski definition) is 3. The molecule has 1 amide bonds. The molecule has 23 heavy (non-hydrogen) atoms. The number of methoxy groups -OCH3 is 1. The summed E-state index contributed by atoms with van der Waals surface area (Å²) >= 11 is 3.37. The van der Waals surface area contributed by atoms with Crippen LogP contribution in [0.25, 0.3) is 0 Å². The van der Waals surface area contributed by atoms with E-state index in [2.05, 4.69) is 21.2 Å². The maximum atomic E-state index is 12.3. The van der Waals surface area contributed by atoms with Crippen LogP contribution in [-0.4, -0.2) is 19.1 Å². The summed E-state index contributed by atoms with van der Waals surface area (Å²) in [6, 6.07) is 14.9. The molecule has 1 N–H and O–H groups in total. The maximum absolute atomic E-state index is 12.3. The van der Waals surface area contributed by atoms with E-state index in [1.54, 1.807) is 14.0 Å². The first-order valence-electron chi connectivity index (χ1n) is 7.36. The summed E-state index contributed by atoms with van der Waals surface area (Å²) in [5.41, 5.74) is 1.01. The number of hydrogen-bond donors (Lipinski definition) is 1. The van der Waals surface area contributed by atoms with Gasteiger partial charge in [0.05, 0.1) is 13.2 Å². The average Bonchev–Trinajstić information content (AvgIpc) is 2.56. The number of rotatable bonds is 6. The van der Waals surface area contributed by atoms with Crippen LogP contribution in [-0.2, 0) is 4.79 Å². The molecule has 4 nitrogen and oxygen atoms in total. The SMILES string of the molecule is COc1ccc([C@H](C)NC(=O)[C@@H](C)Oc2ccc(Br)cc2)cc1. The summed E-state index contributed by atoms with van der Waals surface area (Å²) in [6.45, 7) is 3.67. The molecular weight excluding hydrogens is 358 g/mol. The molecular formula is C18H20BrNO3. The second-order valence-corrected chi connectivity index (χ2v) is 6.13. The quantitative estimate of drug-likeness (QED) is 0.823. The van der Waals surface area contributed by atoms with Crippen molar-refractivity contribution >= 4 is 21.8 Å². The fraction of sp³-hybridized carbons (Fsp3) is 0.278. The largest absolute Gasteiger partial charge is 0.497 e. The number of amides is 1. The highest BCUT2D eigenvalue weighted by Crippen LogP contribution is 2.19. The van der Waals surface area contributed by atoms with Gasteiger partial charge >= 0.3 is 0 Å². The Morgan fingerprint density at radius 1 is 1.00 bits per heavy atom.